The summed E-state index contributed by atoms with van der Waals surface area (Å²) >= 11 is 2.02. The zero-order valence-electron chi connectivity index (χ0n) is 12.1. The third-order valence-corrected chi connectivity index (χ3v) is 5.72. The first kappa shape index (κ1) is 13.5. The van der Waals surface area contributed by atoms with E-state index in [9.17, 15) is 0 Å². The smallest absolute Gasteiger partial charge is 0.0278 e. The molecule has 19 heavy (non-hydrogen) atoms. The molecule has 2 heterocycles. The van der Waals surface area contributed by atoms with E-state index < -0.39 is 0 Å². The molecule has 1 N–H and O–H groups in total. The molecule has 0 bridgehead atoms. The Kier molecular flexibility index (Phi) is 3.63. The van der Waals surface area contributed by atoms with Crippen LogP contribution in [0.1, 0.15) is 32.3 Å². The lowest BCUT2D eigenvalue weighted by Gasteiger charge is -2.46. The van der Waals surface area contributed by atoms with Crippen LogP contribution in [-0.2, 0) is 0 Å². The molecule has 3 heteroatoms. The fourth-order valence-corrected chi connectivity index (χ4v) is 4.39. The highest BCUT2D eigenvalue weighted by molar-refractivity contribution is 7.99. The monoisotopic (exact) mass is 276 g/mol. The van der Waals surface area contributed by atoms with Crippen molar-refractivity contribution in [3.8, 4) is 0 Å². The van der Waals surface area contributed by atoms with E-state index >= 15 is 0 Å². The largest absolute Gasteiger partial charge is 0.311 e. The topological polar surface area (TPSA) is 15.3 Å². The first-order chi connectivity index (χ1) is 9.06. The molecule has 0 spiro atoms. The molecule has 2 atom stereocenters. The fraction of sp³-hybridized carbons (Fsp3) is 0.625. The van der Waals surface area contributed by atoms with Crippen molar-refractivity contribution in [1.82, 2.24) is 10.2 Å². The van der Waals surface area contributed by atoms with Gasteiger partial charge in [-0.1, -0.05) is 18.2 Å². The lowest BCUT2D eigenvalue weighted by atomic mass is 9.93. The fourth-order valence-electron chi connectivity index (χ4n) is 3.15. The highest BCUT2D eigenvalue weighted by atomic mass is 32.2. The number of piperazine rings is 1. The van der Waals surface area contributed by atoms with Gasteiger partial charge in [-0.05, 0) is 32.4 Å². The average molecular weight is 276 g/mol. The molecule has 1 aromatic rings. The zero-order chi connectivity index (χ0) is 13.5. The van der Waals surface area contributed by atoms with Crippen LogP contribution >= 0.6 is 11.8 Å². The van der Waals surface area contributed by atoms with Crippen molar-refractivity contribution in [3.63, 3.8) is 0 Å². The molecule has 2 aliphatic rings. The number of benzene rings is 1. The number of rotatable bonds is 2. The molecule has 2 nitrogen and oxygen atoms in total. The van der Waals surface area contributed by atoms with E-state index in [1.165, 1.54) is 17.2 Å². The summed E-state index contributed by atoms with van der Waals surface area (Å²) in [6.45, 7) is 10.5. The van der Waals surface area contributed by atoms with Gasteiger partial charge in [-0.15, -0.1) is 11.8 Å². The van der Waals surface area contributed by atoms with Gasteiger partial charge >= 0.3 is 0 Å². The Morgan fingerprint density at radius 3 is 3.00 bits per heavy atom. The summed E-state index contributed by atoms with van der Waals surface area (Å²) in [5, 5.41) is 3.60. The van der Waals surface area contributed by atoms with Crippen LogP contribution in [0.3, 0.4) is 0 Å². The van der Waals surface area contributed by atoms with Crippen LogP contribution in [0.2, 0.25) is 0 Å². The second-order valence-corrected chi connectivity index (χ2v) is 7.61. The Morgan fingerprint density at radius 2 is 2.16 bits per heavy atom. The predicted molar refractivity (Wildman–Crippen MR) is 83.0 cm³/mol. The summed E-state index contributed by atoms with van der Waals surface area (Å²) in [4.78, 5) is 4.18. The lowest BCUT2D eigenvalue weighted by Crippen LogP contribution is -2.61. The maximum absolute atomic E-state index is 3.60. The Bertz CT molecular complexity index is 458. The van der Waals surface area contributed by atoms with Gasteiger partial charge in [0.25, 0.3) is 0 Å². The molecule has 1 fully saturated rings. The summed E-state index contributed by atoms with van der Waals surface area (Å²) in [6, 6.07) is 9.54. The van der Waals surface area contributed by atoms with Crippen molar-refractivity contribution in [1.29, 1.82) is 0 Å². The average Bonchev–Trinajstić information content (AvgIpc) is 2.78. The number of thioether (sulfide) groups is 1. The molecule has 1 saturated heterocycles. The molecule has 2 aliphatic heterocycles. The van der Waals surface area contributed by atoms with Crippen molar-refractivity contribution in [2.24, 2.45) is 0 Å². The van der Waals surface area contributed by atoms with Gasteiger partial charge in [0, 0.05) is 47.8 Å². The third-order valence-electron chi connectivity index (χ3n) is 4.47. The summed E-state index contributed by atoms with van der Waals surface area (Å²) in [7, 11) is 0. The molecule has 3 rings (SSSR count). The molecular weight excluding hydrogens is 252 g/mol. The molecule has 104 valence electrons. The summed E-state index contributed by atoms with van der Waals surface area (Å²) in [6.07, 6.45) is 0. The van der Waals surface area contributed by atoms with Crippen LogP contribution in [-0.4, -0.2) is 41.9 Å². The van der Waals surface area contributed by atoms with E-state index in [0.29, 0.717) is 12.0 Å². The highest BCUT2D eigenvalue weighted by Gasteiger charge is 2.35. The van der Waals surface area contributed by atoms with Crippen molar-refractivity contribution in [3.05, 3.63) is 29.8 Å². The van der Waals surface area contributed by atoms with Gasteiger partial charge in [0.2, 0.25) is 0 Å². The second kappa shape index (κ2) is 5.12. The van der Waals surface area contributed by atoms with Crippen LogP contribution in [0.15, 0.2) is 29.2 Å². The Morgan fingerprint density at radius 1 is 1.37 bits per heavy atom. The van der Waals surface area contributed by atoms with Gasteiger partial charge in [0.1, 0.15) is 0 Å². The van der Waals surface area contributed by atoms with Crippen LogP contribution in [0.4, 0.5) is 0 Å². The van der Waals surface area contributed by atoms with E-state index in [2.05, 4.69) is 55.3 Å². The summed E-state index contributed by atoms with van der Waals surface area (Å²) < 4.78 is 0. The maximum Gasteiger partial charge on any atom is 0.0278 e. The third kappa shape index (κ3) is 2.69. The van der Waals surface area contributed by atoms with E-state index in [1.807, 2.05) is 11.8 Å². The minimum atomic E-state index is 0.273. The zero-order valence-corrected chi connectivity index (χ0v) is 13.0. The van der Waals surface area contributed by atoms with Crippen LogP contribution < -0.4 is 5.32 Å². The van der Waals surface area contributed by atoms with Crippen LogP contribution in [0.25, 0.3) is 0 Å². The number of fused-ring (bicyclic) bond motifs is 1. The van der Waals surface area contributed by atoms with Gasteiger partial charge in [-0.3, -0.25) is 4.90 Å². The number of nitrogens with one attached hydrogen (secondary N) is 1. The molecular formula is C16H24N2S. The summed E-state index contributed by atoms with van der Waals surface area (Å²) in [5.41, 5.74) is 1.84. The van der Waals surface area contributed by atoms with Crippen LogP contribution in [0.5, 0.6) is 0 Å². The summed E-state index contributed by atoms with van der Waals surface area (Å²) in [5.74, 6) is 1.94. The number of hydrogen-bond acceptors (Lipinski definition) is 3. The van der Waals surface area contributed by atoms with Gasteiger partial charge in [0.15, 0.2) is 0 Å². The maximum atomic E-state index is 3.60. The van der Waals surface area contributed by atoms with E-state index in [0.717, 1.165) is 13.1 Å². The molecule has 0 aromatic heterocycles. The Hall–Kier alpha value is -0.510. The molecule has 0 amide bonds. The van der Waals surface area contributed by atoms with Crippen molar-refractivity contribution >= 4 is 11.8 Å². The van der Waals surface area contributed by atoms with Gasteiger partial charge < -0.3 is 5.32 Å². The first-order valence-corrected chi connectivity index (χ1v) is 8.25. The second-order valence-electron chi connectivity index (χ2n) is 6.55. The SMILES string of the molecule is CC1CN(CC2CSc3ccccc32)C(C)(C)CN1. The van der Waals surface area contributed by atoms with E-state index in [1.54, 1.807) is 5.56 Å². The normalized spacial score (nSPS) is 30.3. The quantitative estimate of drug-likeness (QED) is 0.894. The van der Waals surface area contributed by atoms with Crippen LogP contribution in [0, 0.1) is 0 Å². The predicted octanol–water partition coefficient (Wildman–Crippen LogP) is 2.95. The van der Waals surface area contributed by atoms with Gasteiger partial charge in [-0.25, -0.2) is 0 Å². The molecule has 0 saturated carbocycles. The van der Waals surface area contributed by atoms with Crippen molar-refractivity contribution in [2.75, 3.05) is 25.4 Å². The van der Waals surface area contributed by atoms with Crippen molar-refractivity contribution < 1.29 is 0 Å². The lowest BCUT2D eigenvalue weighted by molar-refractivity contribution is 0.0658. The highest BCUT2D eigenvalue weighted by Crippen LogP contribution is 2.40. The minimum absolute atomic E-state index is 0.273. The number of hydrogen-bond donors (Lipinski definition) is 1. The molecule has 0 aliphatic carbocycles. The van der Waals surface area contributed by atoms with E-state index in [4.69, 9.17) is 0 Å². The Balaban J connectivity index is 1.75. The molecule has 2 unspecified atom stereocenters. The van der Waals surface area contributed by atoms with Gasteiger partial charge in [-0.2, -0.15) is 0 Å². The number of nitrogens with zero attached hydrogens (tertiary/aromatic N) is 1. The molecule has 0 radical (unpaired) electrons. The van der Waals surface area contributed by atoms with E-state index in [-0.39, 0.29) is 5.54 Å². The van der Waals surface area contributed by atoms with Gasteiger partial charge in [0.05, 0.1) is 0 Å². The van der Waals surface area contributed by atoms with Crippen molar-refractivity contribution in [2.45, 2.75) is 43.2 Å². The standard InChI is InChI=1S/C16H24N2S/c1-12-8-18(16(2,3)11-17-12)9-13-10-19-15-7-5-4-6-14(13)15/h4-7,12-13,17H,8-11H2,1-3H3. The Labute approximate surface area is 121 Å². The minimum Gasteiger partial charge on any atom is -0.311 e. The first-order valence-electron chi connectivity index (χ1n) is 7.26. The molecule has 1 aromatic carbocycles.